The molecule has 2 N–H and O–H groups in total. The Balaban J connectivity index is 2.05. The van der Waals surface area contributed by atoms with Crippen LogP contribution in [0.4, 0.5) is 0 Å². The van der Waals surface area contributed by atoms with Crippen molar-refractivity contribution in [1.29, 1.82) is 0 Å². The number of rotatable bonds is 5. The zero-order chi connectivity index (χ0) is 13.9. The number of methoxy groups -OCH3 is 2. The Kier molecular flexibility index (Phi) is 3.95. The first-order valence-corrected chi connectivity index (χ1v) is 6.30. The first kappa shape index (κ1) is 13.7. The number of ether oxygens (including phenoxy) is 2. The number of carbonyl (C=O) groups excluding carboxylic acids is 1. The Morgan fingerprint density at radius 2 is 1.84 bits per heavy atom. The van der Waals surface area contributed by atoms with E-state index in [0.717, 1.165) is 19.3 Å². The molecule has 5 heteroatoms. The lowest BCUT2D eigenvalue weighted by Gasteiger charge is -2.36. The molecule has 0 spiro atoms. The molecule has 0 heterocycles. The second kappa shape index (κ2) is 5.48. The largest absolute Gasteiger partial charge is 0.497 e. The van der Waals surface area contributed by atoms with Gasteiger partial charge in [-0.2, -0.15) is 0 Å². The molecule has 104 valence electrons. The van der Waals surface area contributed by atoms with Gasteiger partial charge in [0.05, 0.1) is 19.8 Å². The lowest BCUT2D eigenvalue weighted by Crippen LogP contribution is -2.47. The average molecular weight is 265 g/mol. The molecular weight excluding hydrogens is 246 g/mol. The molecule has 0 bridgehead atoms. The number of hydrogen-bond acceptors (Lipinski definition) is 4. The summed E-state index contributed by atoms with van der Waals surface area (Å²) in [6, 6.07) is 4.99. The average Bonchev–Trinajstić information content (AvgIpc) is 2.41. The molecule has 0 atom stereocenters. The van der Waals surface area contributed by atoms with Gasteiger partial charge in [0.1, 0.15) is 11.5 Å². The molecule has 0 aliphatic heterocycles. The normalized spacial score (nSPS) is 16.4. The molecule has 0 radical (unpaired) electrons. The van der Waals surface area contributed by atoms with Crippen molar-refractivity contribution in [2.75, 3.05) is 20.8 Å². The van der Waals surface area contributed by atoms with E-state index in [-0.39, 0.29) is 12.5 Å². The quantitative estimate of drug-likeness (QED) is 0.843. The number of aliphatic hydroxyl groups is 1. The summed E-state index contributed by atoms with van der Waals surface area (Å²) in [5.74, 6) is 0.885. The Bertz CT molecular complexity index is 446. The summed E-state index contributed by atoms with van der Waals surface area (Å²) in [6.45, 7) is 0.283. The predicted molar refractivity (Wildman–Crippen MR) is 70.7 cm³/mol. The maximum Gasteiger partial charge on any atom is 0.251 e. The van der Waals surface area contributed by atoms with Gasteiger partial charge in [0, 0.05) is 18.2 Å². The van der Waals surface area contributed by atoms with Crippen molar-refractivity contribution >= 4 is 5.91 Å². The first-order valence-electron chi connectivity index (χ1n) is 6.30. The molecular formula is C14H19NO4. The fraction of sp³-hybridized carbons (Fsp3) is 0.500. The van der Waals surface area contributed by atoms with Crippen molar-refractivity contribution in [3.63, 3.8) is 0 Å². The molecule has 1 aliphatic carbocycles. The van der Waals surface area contributed by atoms with Crippen LogP contribution < -0.4 is 14.8 Å². The van der Waals surface area contributed by atoms with Crippen molar-refractivity contribution in [1.82, 2.24) is 5.32 Å². The molecule has 19 heavy (non-hydrogen) atoms. The molecule has 1 saturated carbocycles. The third-order valence-electron chi connectivity index (χ3n) is 3.48. The van der Waals surface area contributed by atoms with E-state index in [4.69, 9.17) is 9.47 Å². The predicted octanol–water partition coefficient (Wildman–Crippen LogP) is 1.35. The number of carbonyl (C=O) groups is 1. The number of nitrogens with one attached hydrogen (secondary N) is 1. The Labute approximate surface area is 112 Å². The van der Waals surface area contributed by atoms with Gasteiger partial charge >= 0.3 is 0 Å². The monoisotopic (exact) mass is 265 g/mol. The van der Waals surface area contributed by atoms with Crippen LogP contribution >= 0.6 is 0 Å². The molecule has 0 saturated heterocycles. The van der Waals surface area contributed by atoms with Crippen LogP contribution in [0.25, 0.3) is 0 Å². The van der Waals surface area contributed by atoms with Crippen LogP contribution in [0.1, 0.15) is 29.6 Å². The van der Waals surface area contributed by atoms with E-state index in [1.165, 1.54) is 14.2 Å². The van der Waals surface area contributed by atoms with Gasteiger partial charge in [0.25, 0.3) is 5.91 Å². The van der Waals surface area contributed by atoms with Crippen LogP contribution in [0, 0.1) is 0 Å². The van der Waals surface area contributed by atoms with E-state index in [9.17, 15) is 9.90 Å². The fourth-order valence-corrected chi connectivity index (χ4v) is 2.05. The SMILES string of the molecule is COc1cc(OC)cc(C(=O)NCC2(O)CCC2)c1. The van der Waals surface area contributed by atoms with E-state index in [1.807, 2.05) is 0 Å². The van der Waals surface area contributed by atoms with E-state index in [1.54, 1.807) is 18.2 Å². The molecule has 0 aromatic heterocycles. The van der Waals surface area contributed by atoms with Crippen LogP contribution in [0.15, 0.2) is 18.2 Å². The zero-order valence-corrected chi connectivity index (χ0v) is 11.2. The molecule has 1 amide bonds. The minimum Gasteiger partial charge on any atom is -0.497 e. The van der Waals surface area contributed by atoms with Crippen LogP contribution in [-0.4, -0.2) is 37.4 Å². The van der Waals surface area contributed by atoms with Gasteiger partial charge in [0.15, 0.2) is 0 Å². The highest BCUT2D eigenvalue weighted by molar-refractivity contribution is 5.95. The van der Waals surface area contributed by atoms with Gasteiger partial charge in [-0.25, -0.2) is 0 Å². The number of hydrogen-bond donors (Lipinski definition) is 2. The Hall–Kier alpha value is -1.75. The van der Waals surface area contributed by atoms with Gasteiger partial charge in [-0.3, -0.25) is 4.79 Å². The standard InChI is InChI=1S/C14H19NO4/c1-18-11-6-10(7-12(8-11)19-2)13(16)15-9-14(17)4-3-5-14/h6-8,17H,3-5,9H2,1-2H3,(H,15,16). The van der Waals surface area contributed by atoms with Crippen molar-refractivity contribution in [2.45, 2.75) is 24.9 Å². The van der Waals surface area contributed by atoms with E-state index >= 15 is 0 Å². The van der Waals surface area contributed by atoms with Crippen LogP contribution in [-0.2, 0) is 0 Å². The Morgan fingerprint density at radius 3 is 2.26 bits per heavy atom. The summed E-state index contributed by atoms with van der Waals surface area (Å²) in [6.07, 6.45) is 2.50. The molecule has 1 aromatic rings. The fourth-order valence-electron chi connectivity index (χ4n) is 2.05. The van der Waals surface area contributed by atoms with Gasteiger partial charge < -0.3 is 19.9 Å². The number of benzene rings is 1. The maximum absolute atomic E-state index is 12.0. The molecule has 2 rings (SSSR count). The summed E-state index contributed by atoms with van der Waals surface area (Å²) < 4.78 is 10.2. The summed E-state index contributed by atoms with van der Waals surface area (Å²) in [5.41, 5.74) is -0.266. The summed E-state index contributed by atoms with van der Waals surface area (Å²) >= 11 is 0. The first-order chi connectivity index (χ1) is 9.06. The summed E-state index contributed by atoms with van der Waals surface area (Å²) in [5, 5.41) is 12.7. The van der Waals surface area contributed by atoms with Gasteiger partial charge in [-0.1, -0.05) is 0 Å². The van der Waals surface area contributed by atoms with Gasteiger partial charge in [-0.05, 0) is 31.4 Å². The highest BCUT2D eigenvalue weighted by atomic mass is 16.5. The zero-order valence-electron chi connectivity index (χ0n) is 11.2. The van der Waals surface area contributed by atoms with Crippen LogP contribution in [0.5, 0.6) is 11.5 Å². The lowest BCUT2D eigenvalue weighted by atomic mass is 9.80. The van der Waals surface area contributed by atoms with Crippen LogP contribution in [0.2, 0.25) is 0 Å². The second-order valence-corrected chi connectivity index (χ2v) is 4.86. The third kappa shape index (κ3) is 3.17. The van der Waals surface area contributed by atoms with Crippen LogP contribution in [0.3, 0.4) is 0 Å². The molecule has 1 fully saturated rings. The third-order valence-corrected chi connectivity index (χ3v) is 3.48. The minimum atomic E-state index is -0.724. The lowest BCUT2D eigenvalue weighted by molar-refractivity contribution is -0.0300. The summed E-state index contributed by atoms with van der Waals surface area (Å²) in [4.78, 5) is 12.0. The van der Waals surface area contributed by atoms with Gasteiger partial charge in [0.2, 0.25) is 0 Å². The molecule has 1 aromatic carbocycles. The highest BCUT2D eigenvalue weighted by Gasteiger charge is 2.34. The van der Waals surface area contributed by atoms with E-state index < -0.39 is 5.60 Å². The van der Waals surface area contributed by atoms with Crippen molar-refractivity contribution in [3.05, 3.63) is 23.8 Å². The number of amides is 1. The van der Waals surface area contributed by atoms with Gasteiger partial charge in [-0.15, -0.1) is 0 Å². The van der Waals surface area contributed by atoms with Crippen molar-refractivity contribution < 1.29 is 19.4 Å². The topological polar surface area (TPSA) is 67.8 Å². The minimum absolute atomic E-state index is 0.238. The smallest absolute Gasteiger partial charge is 0.251 e. The van der Waals surface area contributed by atoms with E-state index in [2.05, 4.69) is 5.32 Å². The summed E-state index contributed by atoms with van der Waals surface area (Å²) in [7, 11) is 3.07. The maximum atomic E-state index is 12.0. The molecule has 0 unspecified atom stereocenters. The van der Waals surface area contributed by atoms with Crippen molar-refractivity contribution in [3.8, 4) is 11.5 Å². The molecule has 1 aliphatic rings. The van der Waals surface area contributed by atoms with Crippen molar-refractivity contribution in [2.24, 2.45) is 0 Å². The second-order valence-electron chi connectivity index (χ2n) is 4.86. The Morgan fingerprint density at radius 1 is 1.26 bits per heavy atom. The highest BCUT2D eigenvalue weighted by Crippen LogP contribution is 2.30. The molecule has 5 nitrogen and oxygen atoms in total. The van der Waals surface area contributed by atoms with E-state index in [0.29, 0.717) is 17.1 Å².